The van der Waals surface area contributed by atoms with Gasteiger partial charge in [0, 0.05) is 17.4 Å². The van der Waals surface area contributed by atoms with Gasteiger partial charge in [-0.05, 0) is 18.4 Å². The van der Waals surface area contributed by atoms with Gasteiger partial charge in [-0.25, -0.2) is 0 Å². The van der Waals surface area contributed by atoms with E-state index in [1.807, 2.05) is 41.2 Å². The Bertz CT molecular complexity index is 540. The highest BCUT2D eigenvalue weighted by molar-refractivity contribution is 7.98. The number of hydrogen-bond acceptors (Lipinski definition) is 3. The second kappa shape index (κ2) is 5.38. The topological polar surface area (TPSA) is 34.9 Å². The van der Waals surface area contributed by atoms with E-state index in [9.17, 15) is 4.79 Å². The summed E-state index contributed by atoms with van der Waals surface area (Å²) in [5.41, 5.74) is 1.46. The lowest BCUT2D eigenvalue weighted by atomic mass is 10.3. The van der Waals surface area contributed by atoms with Crippen molar-refractivity contribution in [3.8, 4) is 5.69 Å². The van der Waals surface area contributed by atoms with Crippen molar-refractivity contribution < 1.29 is 0 Å². The summed E-state index contributed by atoms with van der Waals surface area (Å²) in [6.07, 6.45) is 1.89. The third-order valence-electron chi connectivity index (χ3n) is 2.31. The first-order valence-electron chi connectivity index (χ1n) is 5.04. The zero-order chi connectivity index (χ0) is 12.3. The molecule has 0 fully saturated rings. The summed E-state index contributed by atoms with van der Waals surface area (Å²) in [6.45, 7) is 0. The first kappa shape index (κ1) is 12.2. The summed E-state index contributed by atoms with van der Waals surface area (Å²) in [5, 5.41) is 0.652. The molecule has 0 spiro atoms. The van der Waals surface area contributed by atoms with Crippen LogP contribution in [0.1, 0.15) is 5.69 Å². The molecule has 0 aliphatic rings. The number of nitrogens with zero attached hydrogens (tertiary/aromatic N) is 2. The number of halogens is 1. The molecule has 2 aromatic rings. The molecule has 0 amide bonds. The van der Waals surface area contributed by atoms with Gasteiger partial charge in [0.2, 0.25) is 0 Å². The molecule has 0 radical (unpaired) electrons. The summed E-state index contributed by atoms with van der Waals surface area (Å²) in [6, 6.07) is 11.2. The van der Waals surface area contributed by atoms with Crippen LogP contribution in [0.4, 0.5) is 0 Å². The van der Waals surface area contributed by atoms with Crippen molar-refractivity contribution in [3.05, 3.63) is 52.4 Å². The third-order valence-corrected chi connectivity index (χ3v) is 3.22. The molecule has 0 aliphatic carbocycles. The van der Waals surface area contributed by atoms with E-state index in [-0.39, 0.29) is 11.4 Å². The maximum Gasteiger partial charge on any atom is 0.273 e. The van der Waals surface area contributed by atoms with Crippen molar-refractivity contribution in [2.45, 2.75) is 11.0 Å². The molecule has 0 N–H and O–H groups in total. The van der Waals surface area contributed by atoms with E-state index in [4.69, 9.17) is 11.6 Å². The molecule has 0 aliphatic heterocycles. The highest BCUT2D eigenvalue weighted by Crippen LogP contribution is 2.19. The summed E-state index contributed by atoms with van der Waals surface area (Å²) < 4.78 is 1.90. The van der Waals surface area contributed by atoms with Crippen molar-refractivity contribution in [3.63, 3.8) is 0 Å². The van der Waals surface area contributed by atoms with E-state index in [0.717, 1.165) is 11.4 Å². The standard InChI is InChI=1S/C12H11ClN2OS/c1-17-12-14-11(16)7-10(8-13)15(12)9-5-3-2-4-6-9/h2-7H,8H2,1H3. The van der Waals surface area contributed by atoms with Crippen molar-refractivity contribution in [1.29, 1.82) is 0 Å². The zero-order valence-electron chi connectivity index (χ0n) is 9.26. The molecule has 0 unspecified atom stereocenters. The molecule has 3 nitrogen and oxygen atoms in total. The van der Waals surface area contributed by atoms with Gasteiger partial charge in [-0.15, -0.1) is 11.6 Å². The van der Waals surface area contributed by atoms with Gasteiger partial charge in [0.05, 0.1) is 5.88 Å². The van der Waals surface area contributed by atoms with Crippen LogP contribution in [-0.2, 0) is 5.88 Å². The Hall–Kier alpha value is -1.26. The minimum absolute atomic E-state index is 0.253. The average molecular weight is 267 g/mol. The second-order valence-electron chi connectivity index (χ2n) is 3.38. The largest absolute Gasteiger partial charge is 0.292 e. The fourth-order valence-corrected chi connectivity index (χ4v) is 2.38. The number of aromatic nitrogens is 2. The first-order valence-corrected chi connectivity index (χ1v) is 6.80. The van der Waals surface area contributed by atoms with E-state index in [2.05, 4.69) is 4.98 Å². The van der Waals surface area contributed by atoms with Crippen molar-refractivity contribution in [2.24, 2.45) is 0 Å². The van der Waals surface area contributed by atoms with E-state index in [0.29, 0.717) is 5.16 Å². The van der Waals surface area contributed by atoms with Crippen LogP contribution in [0.5, 0.6) is 0 Å². The first-order chi connectivity index (χ1) is 8.26. The smallest absolute Gasteiger partial charge is 0.273 e. The van der Waals surface area contributed by atoms with Crippen molar-refractivity contribution >= 4 is 23.4 Å². The molecule has 0 saturated heterocycles. The second-order valence-corrected chi connectivity index (χ2v) is 4.42. The Morgan fingerprint density at radius 3 is 2.65 bits per heavy atom. The number of rotatable bonds is 3. The lowest BCUT2D eigenvalue weighted by molar-refractivity contribution is 0.776. The molecule has 0 saturated carbocycles. The number of para-hydroxylation sites is 1. The summed E-state index contributed by atoms with van der Waals surface area (Å²) in [7, 11) is 0. The van der Waals surface area contributed by atoms with Gasteiger partial charge in [0.25, 0.3) is 5.56 Å². The molecular formula is C12H11ClN2OS. The Balaban J connectivity index is 2.71. The number of benzene rings is 1. The normalized spacial score (nSPS) is 10.5. The van der Waals surface area contributed by atoms with Gasteiger partial charge in [0.1, 0.15) is 0 Å². The van der Waals surface area contributed by atoms with Gasteiger partial charge in [-0.2, -0.15) is 4.98 Å². The molecule has 1 aromatic carbocycles. The zero-order valence-corrected chi connectivity index (χ0v) is 10.8. The molecule has 0 atom stereocenters. The molecule has 0 bridgehead atoms. The van der Waals surface area contributed by atoms with Crippen LogP contribution in [0.3, 0.4) is 0 Å². The molecule has 88 valence electrons. The Morgan fingerprint density at radius 2 is 2.06 bits per heavy atom. The van der Waals surface area contributed by atoms with Crippen molar-refractivity contribution in [2.75, 3.05) is 6.26 Å². The van der Waals surface area contributed by atoms with Crippen LogP contribution in [0, 0.1) is 0 Å². The third kappa shape index (κ3) is 2.53. The SMILES string of the molecule is CSc1nc(=O)cc(CCl)n1-c1ccccc1. The van der Waals surface area contributed by atoms with Gasteiger partial charge in [-0.1, -0.05) is 30.0 Å². The predicted octanol–water partition coefficient (Wildman–Crippen LogP) is 2.69. The Labute approximate surface area is 108 Å². The van der Waals surface area contributed by atoms with Gasteiger partial charge in [0.15, 0.2) is 5.16 Å². The van der Waals surface area contributed by atoms with E-state index in [1.165, 1.54) is 17.8 Å². The molecule has 2 rings (SSSR count). The fourth-order valence-electron chi connectivity index (χ4n) is 1.60. The van der Waals surface area contributed by atoms with Crippen LogP contribution in [0.2, 0.25) is 0 Å². The van der Waals surface area contributed by atoms with E-state index >= 15 is 0 Å². The van der Waals surface area contributed by atoms with Crippen molar-refractivity contribution in [1.82, 2.24) is 9.55 Å². The highest BCUT2D eigenvalue weighted by atomic mass is 35.5. The van der Waals surface area contributed by atoms with Crippen LogP contribution in [-0.4, -0.2) is 15.8 Å². The molecule has 1 heterocycles. The van der Waals surface area contributed by atoms with Gasteiger partial charge in [-0.3, -0.25) is 9.36 Å². The maximum absolute atomic E-state index is 11.4. The van der Waals surface area contributed by atoms with Gasteiger partial charge < -0.3 is 0 Å². The van der Waals surface area contributed by atoms with Crippen LogP contribution in [0.25, 0.3) is 5.69 Å². The lowest BCUT2D eigenvalue weighted by Crippen LogP contribution is -2.16. The van der Waals surface area contributed by atoms with Crippen LogP contribution < -0.4 is 5.56 Å². The summed E-state index contributed by atoms with van der Waals surface area (Å²) in [4.78, 5) is 15.4. The average Bonchev–Trinajstić information content (AvgIpc) is 2.38. The molecular weight excluding hydrogens is 256 g/mol. The monoisotopic (exact) mass is 266 g/mol. The number of alkyl halides is 1. The van der Waals surface area contributed by atoms with Crippen LogP contribution >= 0.6 is 23.4 Å². The maximum atomic E-state index is 11.4. The van der Waals surface area contributed by atoms with E-state index in [1.54, 1.807) is 0 Å². The lowest BCUT2D eigenvalue weighted by Gasteiger charge is -2.14. The molecule has 5 heteroatoms. The van der Waals surface area contributed by atoms with E-state index < -0.39 is 0 Å². The minimum Gasteiger partial charge on any atom is -0.292 e. The fraction of sp³-hybridized carbons (Fsp3) is 0.167. The number of thioether (sulfide) groups is 1. The summed E-state index contributed by atoms with van der Waals surface area (Å²) in [5.74, 6) is 0.278. The minimum atomic E-state index is -0.253. The number of hydrogen-bond donors (Lipinski definition) is 0. The molecule has 1 aromatic heterocycles. The highest BCUT2D eigenvalue weighted by Gasteiger charge is 2.09. The Morgan fingerprint density at radius 1 is 1.35 bits per heavy atom. The predicted molar refractivity (Wildman–Crippen MR) is 71.2 cm³/mol. The molecule has 17 heavy (non-hydrogen) atoms. The van der Waals surface area contributed by atoms with Gasteiger partial charge >= 0.3 is 0 Å². The van der Waals surface area contributed by atoms with Crippen LogP contribution in [0.15, 0.2) is 46.3 Å². The Kier molecular flexibility index (Phi) is 3.86. The quantitative estimate of drug-likeness (QED) is 0.487. The summed E-state index contributed by atoms with van der Waals surface area (Å²) >= 11 is 7.31.